The van der Waals surface area contributed by atoms with Crippen molar-refractivity contribution in [1.29, 1.82) is 0 Å². The third-order valence-corrected chi connectivity index (χ3v) is 7.32. The fraction of sp³-hybridized carbons (Fsp3) is 0.571. The van der Waals surface area contributed by atoms with Gasteiger partial charge in [-0.15, -0.1) is 4.83 Å². The standard InChI is InChI=1S/C21H32NO7P/c23-19-14-20(24)18(17(19)10-6-1-2-7-11-21(25)26)15-22(27)30(28,29)13-12-16-8-4-3-5-9-16/h1,3-6,8-9,17-20,23-24,27H,2,7,10-15H2,(H,25,26)(H,28,29)/t17?,18-,19+,20-/m1/s1. The van der Waals surface area contributed by atoms with E-state index in [1.807, 2.05) is 42.5 Å². The molecule has 1 aromatic rings. The first kappa shape index (κ1) is 24.7. The van der Waals surface area contributed by atoms with Gasteiger partial charge in [0, 0.05) is 25.0 Å². The van der Waals surface area contributed by atoms with E-state index in [-0.39, 0.29) is 31.5 Å². The lowest BCUT2D eigenvalue weighted by Gasteiger charge is -2.28. The van der Waals surface area contributed by atoms with Gasteiger partial charge in [0.2, 0.25) is 0 Å². The van der Waals surface area contributed by atoms with Crippen LogP contribution in [0.3, 0.4) is 0 Å². The number of aliphatic hydroxyl groups excluding tert-OH is 2. The van der Waals surface area contributed by atoms with Crippen LogP contribution in [0.1, 0.15) is 37.7 Å². The maximum atomic E-state index is 12.6. The summed E-state index contributed by atoms with van der Waals surface area (Å²) in [6, 6.07) is 9.22. The summed E-state index contributed by atoms with van der Waals surface area (Å²) in [6.07, 6.45) is 4.02. The van der Waals surface area contributed by atoms with E-state index in [2.05, 4.69) is 0 Å². The Bertz CT molecular complexity index is 742. The van der Waals surface area contributed by atoms with E-state index in [9.17, 15) is 29.7 Å². The number of hydrogen-bond acceptors (Lipinski definition) is 5. The molecule has 1 fully saturated rings. The number of carboxylic acids is 1. The van der Waals surface area contributed by atoms with Crippen LogP contribution in [-0.4, -0.2) is 61.1 Å². The topological polar surface area (TPSA) is 139 Å². The quantitative estimate of drug-likeness (QED) is 0.144. The molecule has 0 aromatic heterocycles. The van der Waals surface area contributed by atoms with Crippen LogP contribution in [0.5, 0.6) is 0 Å². The Morgan fingerprint density at radius 2 is 1.80 bits per heavy atom. The van der Waals surface area contributed by atoms with Crippen LogP contribution in [0.25, 0.3) is 0 Å². The first-order valence-corrected chi connectivity index (χ1v) is 12.1. The number of aryl methyl sites for hydroxylation is 1. The normalized spacial score (nSPS) is 26.3. The highest BCUT2D eigenvalue weighted by Gasteiger charge is 2.43. The highest BCUT2D eigenvalue weighted by Crippen LogP contribution is 2.46. The molecule has 1 saturated carbocycles. The molecule has 0 aliphatic heterocycles. The highest BCUT2D eigenvalue weighted by atomic mass is 31.2. The summed E-state index contributed by atoms with van der Waals surface area (Å²) in [4.78, 5) is 21.2. The van der Waals surface area contributed by atoms with Gasteiger partial charge < -0.3 is 25.4 Å². The summed E-state index contributed by atoms with van der Waals surface area (Å²) in [5, 5.41) is 39.5. The van der Waals surface area contributed by atoms with Crippen molar-refractivity contribution in [2.75, 3.05) is 12.7 Å². The van der Waals surface area contributed by atoms with Crippen molar-refractivity contribution in [2.24, 2.45) is 11.8 Å². The Labute approximate surface area is 176 Å². The highest BCUT2D eigenvalue weighted by molar-refractivity contribution is 7.55. The van der Waals surface area contributed by atoms with Crippen LogP contribution in [0.4, 0.5) is 0 Å². The number of benzene rings is 1. The van der Waals surface area contributed by atoms with Crippen LogP contribution < -0.4 is 0 Å². The van der Waals surface area contributed by atoms with Gasteiger partial charge in [0.05, 0.1) is 12.2 Å². The lowest BCUT2D eigenvalue weighted by atomic mass is 9.90. The third kappa shape index (κ3) is 7.61. The Kier molecular flexibility index (Phi) is 9.68. The van der Waals surface area contributed by atoms with Gasteiger partial charge in [0.25, 0.3) is 7.52 Å². The molecule has 0 bridgehead atoms. The van der Waals surface area contributed by atoms with E-state index >= 15 is 0 Å². The fourth-order valence-corrected chi connectivity index (χ4v) is 5.07. The first-order valence-electron chi connectivity index (χ1n) is 10.3. The molecule has 0 heterocycles. The smallest absolute Gasteiger partial charge is 0.303 e. The third-order valence-electron chi connectivity index (χ3n) is 5.63. The zero-order chi connectivity index (χ0) is 22.1. The van der Waals surface area contributed by atoms with Crippen molar-refractivity contribution >= 4 is 13.5 Å². The van der Waals surface area contributed by atoms with E-state index in [1.165, 1.54) is 0 Å². The molecule has 1 aliphatic rings. The number of unbranched alkanes of at least 4 members (excludes halogenated alkanes) is 1. The molecule has 8 nitrogen and oxygen atoms in total. The number of carboxylic acid groups (broad SMARTS) is 1. The van der Waals surface area contributed by atoms with Crippen molar-refractivity contribution in [1.82, 2.24) is 4.83 Å². The summed E-state index contributed by atoms with van der Waals surface area (Å²) < 4.78 is 12.6. The number of aliphatic carboxylic acids is 1. The number of aliphatic hydroxyl groups is 2. The molecule has 5 N–H and O–H groups in total. The monoisotopic (exact) mass is 441 g/mol. The molecule has 9 heteroatoms. The number of carbonyl (C=O) groups is 1. The second-order valence-electron chi connectivity index (χ2n) is 7.87. The maximum Gasteiger partial charge on any atom is 0.303 e. The minimum Gasteiger partial charge on any atom is -0.481 e. The largest absolute Gasteiger partial charge is 0.481 e. The van der Waals surface area contributed by atoms with Gasteiger partial charge >= 0.3 is 5.97 Å². The van der Waals surface area contributed by atoms with E-state index in [0.717, 1.165) is 5.56 Å². The van der Waals surface area contributed by atoms with E-state index in [4.69, 9.17) is 5.11 Å². The average Bonchev–Trinajstić information content (AvgIpc) is 2.96. The average molecular weight is 441 g/mol. The number of nitrogens with zero attached hydrogens (tertiary/aromatic N) is 1. The summed E-state index contributed by atoms with van der Waals surface area (Å²) in [7, 11) is -4.00. The molecule has 0 radical (unpaired) electrons. The zero-order valence-corrected chi connectivity index (χ0v) is 17.8. The maximum absolute atomic E-state index is 12.6. The van der Waals surface area contributed by atoms with Crippen molar-refractivity contribution in [3.63, 3.8) is 0 Å². The van der Waals surface area contributed by atoms with E-state index in [0.29, 0.717) is 30.5 Å². The van der Waals surface area contributed by atoms with Crippen LogP contribution in [-0.2, 0) is 15.8 Å². The minimum absolute atomic E-state index is 0.0893. The Morgan fingerprint density at radius 3 is 2.47 bits per heavy atom. The van der Waals surface area contributed by atoms with Crippen LogP contribution in [0.2, 0.25) is 0 Å². The van der Waals surface area contributed by atoms with Gasteiger partial charge in [0.1, 0.15) is 0 Å². The number of rotatable bonds is 12. The SMILES string of the molecule is O=C(O)CCCC=CCC1[C@@H](CN(O)P(=O)(O)CCc2ccccc2)[C@H](O)C[C@@H]1O. The van der Waals surface area contributed by atoms with Crippen molar-refractivity contribution in [2.45, 2.75) is 50.7 Å². The molecule has 0 amide bonds. The minimum atomic E-state index is -4.00. The van der Waals surface area contributed by atoms with Gasteiger partial charge in [-0.05, 0) is 43.6 Å². The van der Waals surface area contributed by atoms with E-state index < -0.39 is 31.6 Å². The summed E-state index contributed by atoms with van der Waals surface area (Å²) in [5.41, 5.74) is 0.891. The molecular weight excluding hydrogens is 409 g/mol. The van der Waals surface area contributed by atoms with Crippen molar-refractivity contribution < 1.29 is 34.8 Å². The number of hydrogen-bond donors (Lipinski definition) is 5. The summed E-state index contributed by atoms with van der Waals surface area (Å²) in [5.74, 6) is -1.76. The molecule has 168 valence electrons. The van der Waals surface area contributed by atoms with Crippen molar-refractivity contribution in [3.05, 3.63) is 48.0 Å². The van der Waals surface area contributed by atoms with Gasteiger partial charge in [-0.3, -0.25) is 9.36 Å². The van der Waals surface area contributed by atoms with Crippen LogP contribution in [0, 0.1) is 11.8 Å². The molecule has 0 spiro atoms. The molecule has 2 unspecified atom stereocenters. The van der Waals surface area contributed by atoms with Gasteiger partial charge in [0.15, 0.2) is 0 Å². The van der Waals surface area contributed by atoms with E-state index in [1.54, 1.807) is 0 Å². The van der Waals surface area contributed by atoms with Gasteiger partial charge in [-0.2, -0.15) is 0 Å². The molecule has 0 saturated heterocycles. The van der Waals surface area contributed by atoms with Gasteiger partial charge in [-0.1, -0.05) is 42.5 Å². The van der Waals surface area contributed by atoms with Gasteiger partial charge in [-0.25, -0.2) is 0 Å². The van der Waals surface area contributed by atoms with Crippen LogP contribution >= 0.6 is 7.52 Å². The fourth-order valence-electron chi connectivity index (χ4n) is 3.85. The Balaban J connectivity index is 1.89. The zero-order valence-electron chi connectivity index (χ0n) is 17.0. The molecule has 30 heavy (non-hydrogen) atoms. The Morgan fingerprint density at radius 1 is 1.13 bits per heavy atom. The predicted octanol–water partition coefficient (Wildman–Crippen LogP) is 2.66. The number of hydroxylamine groups is 1. The Hall–Kier alpha value is -1.54. The first-order chi connectivity index (χ1) is 14.2. The molecule has 1 aliphatic carbocycles. The molecule has 1 aromatic carbocycles. The molecular formula is C21H32NO7P. The summed E-state index contributed by atoms with van der Waals surface area (Å²) in [6.45, 7) is -0.210. The van der Waals surface area contributed by atoms with Crippen molar-refractivity contribution in [3.8, 4) is 0 Å². The second-order valence-corrected chi connectivity index (χ2v) is 10.1. The van der Waals surface area contributed by atoms with Crippen LogP contribution in [0.15, 0.2) is 42.5 Å². The lowest BCUT2D eigenvalue weighted by Crippen LogP contribution is -2.33. The predicted molar refractivity (Wildman–Crippen MR) is 112 cm³/mol. The molecule has 2 rings (SSSR count). The second kappa shape index (κ2) is 11.7. The molecule has 5 atom stereocenters. The number of allylic oxidation sites excluding steroid dienone is 2. The summed E-state index contributed by atoms with van der Waals surface area (Å²) >= 11 is 0. The lowest BCUT2D eigenvalue weighted by molar-refractivity contribution is -0.137.